The second-order valence-corrected chi connectivity index (χ2v) is 4.60. The number of nitrogens with zero attached hydrogens (tertiary/aromatic N) is 1. The number of esters is 1. The topological polar surface area (TPSA) is 97.0 Å². The minimum atomic E-state index is -0.723. The van der Waals surface area contributed by atoms with Crippen LogP contribution in [0.15, 0.2) is 24.3 Å². The van der Waals surface area contributed by atoms with E-state index < -0.39 is 17.9 Å². The zero-order valence-electron chi connectivity index (χ0n) is 12.3. The van der Waals surface area contributed by atoms with Crippen LogP contribution in [0.3, 0.4) is 0 Å². The summed E-state index contributed by atoms with van der Waals surface area (Å²) in [5.74, 6) is -0.310. The van der Waals surface area contributed by atoms with E-state index in [4.69, 9.17) is 4.74 Å². The molecule has 0 saturated carbocycles. The van der Waals surface area contributed by atoms with Crippen molar-refractivity contribution in [2.45, 2.75) is 6.04 Å². The Morgan fingerprint density at radius 1 is 1.32 bits per heavy atom. The van der Waals surface area contributed by atoms with Gasteiger partial charge in [0.25, 0.3) is 0 Å². The number of urea groups is 1. The van der Waals surface area contributed by atoms with E-state index in [1.807, 2.05) is 0 Å². The summed E-state index contributed by atoms with van der Waals surface area (Å²) in [6, 6.07) is 5.82. The van der Waals surface area contributed by atoms with Crippen LogP contribution in [0.5, 0.6) is 5.75 Å². The van der Waals surface area contributed by atoms with Gasteiger partial charge in [0.2, 0.25) is 5.91 Å². The molecule has 0 radical (unpaired) electrons. The van der Waals surface area contributed by atoms with Gasteiger partial charge in [0.05, 0.1) is 20.8 Å². The lowest BCUT2D eigenvalue weighted by atomic mass is 10.2. The van der Waals surface area contributed by atoms with Gasteiger partial charge in [-0.25, -0.2) is 4.79 Å². The summed E-state index contributed by atoms with van der Waals surface area (Å²) in [6.45, 7) is -0.0532. The van der Waals surface area contributed by atoms with Crippen LogP contribution in [0, 0.1) is 0 Å². The second kappa shape index (κ2) is 6.79. The highest BCUT2D eigenvalue weighted by molar-refractivity contribution is 6.00. The van der Waals surface area contributed by atoms with Gasteiger partial charge >= 0.3 is 12.0 Å². The summed E-state index contributed by atoms with van der Waals surface area (Å²) in [4.78, 5) is 36.3. The van der Waals surface area contributed by atoms with Crippen molar-refractivity contribution in [2.75, 3.05) is 32.2 Å². The standard InChI is InChI=1S/C14H17N3O5/c1-21-10-5-3-9(4-6-10)17-8-11(16-14(17)20)13(19)15-7-12(18)22-2/h3-6,11H,7-8H2,1-2H3,(H,15,19)(H,16,20). The summed E-state index contributed by atoms with van der Waals surface area (Å²) < 4.78 is 9.49. The minimum absolute atomic E-state index is 0.179. The van der Waals surface area contributed by atoms with Crippen molar-refractivity contribution in [3.8, 4) is 5.75 Å². The molecule has 118 valence electrons. The summed E-state index contributed by atoms with van der Waals surface area (Å²) in [5, 5.41) is 4.98. The SMILES string of the molecule is COC(=O)CNC(=O)C1CN(c2ccc(OC)cc2)C(=O)N1. The number of anilines is 1. The van der Waals surface area contributed by atoms with Crippen molar-refractivity contribution >= 4 is 23.6 Å². The zero-order chi connectivity index (χ0) is 16.1. The quantitative estimate of drug-likeness (QED) is 0.739. The fourth-order valence-corrected chi connectivity index (χ4v) is 2.03. The van der Waals surface area contributed by atoms with E-state index in [2.05, 4.69) is 15.4 Å². The Morgan fingerprint density at radius 2 is 2.00 bits per heavy atom. The van der Waals surface area contributed by atoms with Crippen molar-refractivity contribution in [2.24, 2.45) is 0 Å². The molecule has 3 amide bonds. The van der Waals surface area contributed by atoms with Gasteiger partial charge in [0, 0.05) is 5.69 Å². The van der Waals surface area contributed by atoms with E-state index >= 15 is 0 Å². The first-order valence-electron chi connectivity index (χ1n) is 6.61. The highest BCUT2D eigenvalue weighted by atomic mass is 16.5. The minimum Gasteiger partial charge on any atom is -0.497 e. The zero-order valence-corrected chi connectivity index (χ0v) is 12.3. The van der Waals surface area contributed by atoms with Gasteiger partial charge in [0.1, 0.15) is 18.3 Å². The molecule has 0 bridgehead atoms. The molecule has 22 heavy (non-hydrogen) atoms. The summed E-state index contributed by atoms with van der Waals surface area (Å²) in [5.41, 5.74) is 0.654. The largest absolute Gasteiger partial charge is 0.497 e. The highest BCUT2D eigenvalue weighted by Gasteiger charge is 2.34. The van der Waals surface area contributed by atoms with E-state index in [1.165, 1.54) is 12.0 Å². The van der Waals surface area contributed by atoms with Crippen LogP contribution in [0.25, 0.3) is 0 Å². The maximum atomic E-state index is 12.0. The molecular weight excluding hydrogens is 290 g/mol. The fraction of sp³-hybridized carbons (Fsp3) is 0.357. The third-order valence-corrected chi connectivity index (χ3v) is 3.24. The lowest BCUT2D eigenvalue weighted by Crippen LogP contribution is -2.44. The predicted octanol–water partition coefficient (Wildman–Crippen LogP) is -0.117. The molecule has 1 saturated heterocycles. The lowest BCUT2D eigenvalue weighted by molar-refractivity contribution is -0.141. The van der Waals surface area contributed by atoms with Crippen LogP contribution < -0.4 is 20.3 Å². The van der Waals surface area contributed by atoms with Crippen molar-refractivity contribution in [1.29, 1.82) is 0 Å². The molecule has 2 N–H and O–H groups in total. The molecule has 1 fully saturated rings. The van der Waals surface area contributed by atoms with Crippen LogP contribution in [0.2, 0.25) is 0 Å². The van der Waals surface area contributed by atoms with Gasteiger partial charge in [0.15, 0.2) is 0 Å². The average molecular weight is 307 g/mol. The van der Waals surface area contributed by atoms with Crippen LogP contribution in [-0.2, 0) is 14.3 Å². The smallest absolute Gasteiger partial charge is 0.325 e. The second-order valence-electron chi connectivity index (χ2n) is 4.60. The first-order chi connectivity index (χ1) is 10.5. The first-order valence-corrected chi connectivity index (χ1v) is 6.61. The number of carbonyl (C=O) groups excluding carboxylic acids is 3. The van der Waals surface area contributed by atoms with E-state index in [9.17, 15) is 14.4 Å². The number of nitrogens with one attached hydrogen (secondary N) is 2. The van der Waals surface area contributed by atoms with E-state index in [0.717, 1.165) is 0 Å². The lowest BCUT2D eigenvalue weighted by Gasteiger charge is -2.15. The number of methoxy groups -OCH3 is 2. The number of ether oxygens (including phenoxy) is 2. The van der Waals surface area contributed by atoms with E-state index in [1.54, 1.807) is 31.4 Å². The van der Waals surface area contributed by atoms with Crippen LogP contribution in [0.4, 0.5) is 10.5 Å². The molecule has 0 aliphatic carbocycles. The molecular formula is C14H17N3O5. The molecule has 1 heterocycles. The third-order valence-electron chi connectivity index (χ3n) is 3.24. The van der Waals surface area contributed by atoms with Crippen molar-refractivity contribution in [1.82, 2.24) is 10.6 Å². The molecule has 1 atom stereocenters. The highest BCUT2D eigenvalue weighted by Crippen LogP contribution is 2.21. The molecule has 0 spiro atoms. The Morgan fingerprint density at radius 3 is 2.59 bits per heavy atom. The van der Waals surface area contributed by atoms with E-state index in [0.29, 0.717) is 11.4 Å². The number of hydrogen-bond donors (Lipinski definition) is 2. The number of carbonyl (C=O) groups is 3. The van der Waals surface area contributed by atoms with Crippen molar-refractivity contribution in [3.63, 3.8) is 0 Å². The molecule has 1 aromatic rings. The Hall–Kier alpha value is -2.77. The van der Waals surface area contributed by atoms with E-state index in [-0.39, 0.29) is 19.1 Å². The van der Waals surface area contributed by atoms with Gasteiger partial charge < -0.3 is 20.1 Å². The van der Waals surface area contributed by atoms with Gasteiger partial charge in [-0.15, -0.1) is 0 Å². The molecule has 8 nitrogen and oxygen atoms in total. The number of hydrogen-bond acceptors (Lipinski definition) is 5. The molecule has 2 rings (SSSR count). The predicted molar refractivity (Wildman–Crippen MR) is 77.7 cm³/mol. The maximum absolute atomic E-state index is 12.0. The molecule has 1 aliphatic rings. The van der Waals surface area contributed by atoms with Gasteiger partial charge in [-0.05, 0) is 24.3 Å². The molecule has 1 aliphatic heterocycles. The van der Waals surface area contributed by atoms with Crippen molar-refractivity contribution in [3.05, 3.63) is 24.3 Å². The monoisotopic (exact) mass is 307 g/mol. The van der Waals surface area contributed by atoms with Crippen LogP contribution in [-0.4, -0.2) is 51.3 Å². The normalized spacial score (nSPS) is 16.9. The Kier molecular flexibility index (Phi) is 4.82. The Bertz CT molecular complexity index is 572. The van der Waals surface area contributed by atoms with Gasteiger partial charge in [-0.3, -0.25) is 14.5 Å². The first kappa shape index (κ1) is 15.6. The maximum Gasteiger partial charge on any atom is 0.325 e. The van der Waals surface area contributed by atoms with Crippen LogP contribution >= 0.6 is 0 Å². The number of amides is 3. The summed E-state index contributed by atoms with van der Waals surface area (Å²) >= 11 is 0. The van der Waals surface area contributed by atoms with Crippen LogP contribution in [0.1, 0.15) is 0 Å². The summed E-state index contributed by atoms with van der Waals surface area (Å²) in [7, 11) is 2.79. The number of benzene rings is 1. The Balaban J connectivity index is 1.97. The third kappa shape index (κ3) is 3.46. The number of rotatable bonds is 5. The molecule has 1 aromatic carbocycles. The van der Waals surface area contributed by atoms with Gasteiger partial charge in [-0.1, -0.05) is 0 Å². The molecule has 0 aromatic heterocycles. The fourth-order valence-electron chi connectivity index (χ4n) is 2.03. The summed E-state index contributed by atoms with van der Waals surface area (Å²) in [6.07, 6.45) is 0. The average Bonchev–Trinajstić information content (AvgIpc) is 2.94. The molecule has 1 unspecified atom stereocenters. The van der Waals surface area contributed by atoms with Gasteiger partial charge in [-0.2, -0.15) is 0 Å². The Labute approximate surface area is 127 Å². The van der Waals surface area contributed by atoms with Crippen molar-refractivity contribution < 1.29 is 23.9 Å². The molecule has 8 heteroatoms.